The minimum Gasteiger partial charge on any atom is -0.444 e. The highest BCUT2D eigenvalue weighted by molar-refractivity contribution is 9.10. The lowest BCUT2D eigenvalue weighted by Crippen LogP contribution is -2.42. The number of alkyl carbamates (subject to hydrolysis) is 1. The molecular weight excluding hydrogens is 356 g/mol. The number of hydrogen-bond donors (Lipinski definition) is 2. The van der Waals surface area contributed by atoms with Gasteiger partial charge in [0.25, 0.3) is 0 Å². The van der Waals surface area contributed by atoms with Gasteiger partial charge in [0.15, 0.2) is 0 Å². The number of ether oxygens (including phenoxy) is 1. The van der Waals surface area contributed by atoms with Crippen LogP contribution in [-0.4, -0.2) is 24.3 Å². The fourth-order valence-electron chi connectivity index (χ4n) is 2.22. The van der Waals surface area contributed by atoms with Crippen LogP contribution in [0.25, 0.3) is 0 Å². The molecule has 0 radical (unpaired) electrons. The molecule has 0 saturated carbocycles. The Morgan fingerprint density at radius 2 is 2.04 bits per heavy atom. The maximum atomic E-state index is 11.8. The molecule has 23 heavy (non-hydrogen) atoms. The third kappa shape index (κ3) is 8.37. The molecule has 130 valence electrons. The number of aryl methyl sites for hydroxylation is 1. The second kappa shape index (κ2) is 9.28. The Balaban J connectivity index is 2.48. The Kier molecular flexibility index (Phi) is 8.06. The molecular formula is C18H29BrN2O2. The predicted molar refractivity (Wildman–Crippen MR) is 98.7 cm³/mol. The number of halogens is 1. The first-order valence-corrected chi connectivity index (χ1v) is 8.96. The Morgan fingerprint density at radius 1 is 1.35 bits per heavy atom. The normalized spacial score (nSPS) is 12.8. The van der Waals surface area contributed by atoms with Crippen molar-refractivity contribution in [3.05, 3.63) is 33.8 Å². The van der Waals surface area contributed by atoms with Gasteiger partial charge in [-0.05, 0) is 51.3 Å². The largest absolute Gasteiger partial charge is 0.444 e. The Bertz CT molecular complexity index is 512. The van der Waals surface area contributed by atoms with Gasteiger partial charge in [0.1, 0.15) is 5.60 Å². The van der Waals surface area contributed by atoms with Crippen molar-refractivity contribution >= 4 is 22.0 Å². The van der Waals surface area contributed by atoms with Gasteiger partial charge in [-0.15, -0.1) is 0 Å². The maximum Gasteiger partial charge on any atom is 0.407 e. The summed E-state index contributed by atoms with van der Waals surface area (Å²) in [5.74, 6) is 0. The average Bonchev–Trinajstić information content (AvgIpc) is 2.43. The van der Waals surface area contributed by atoms with E-state index in [2.05, 4.69) is 58.6 Å². The molecule has 0 aliphatic carbocycles. The van der Waals surface area contributed by atoms with Crippen molar-refractivity contribution in [2.24, 2.45) is 0 Å². The molecule has 0 heterocycles. The summed E-state index contributed by atoms with van der Waals surface area (Å²) in [7, 11) is 0. The second-order valence-electron chi connectivity index (χ2n) is 6.83. The number of hydrogen-bond acceptors (Lipinski definition) is 3. The number of carbonyl (C=O) groups is 1. The predicted octanol–water partition coefficient (Wildman–Crippen LogP) is 4.54. The smallest absolute Gasteiger partial charge is 0.407 e. The van der Waals surface area contributed by atoms with Crippen molar-refractivity contribution in [3.63, 3.8) is 0 Å². The lowest BCUT2D eigenvalue weighted by molar-refractivity contribution is 0.0521. The molecule has 0 fully saturated rings. The minimum atomic E-state index is -0.466. The van der Waals surface area contributed by atoms with Crippen molar-refractivity contribution in [2.75, 3.05) is 6.54 Å². The number of carbonyl (C=O) groups excluding carboxylic acids is 1. The Morgan fingerprint density at radius 3 is 2.61 bits per heavy atom. The fraction of sp³-hybridized carbons (Fsp3) is 0.611. The van der Waals surface area contributed by atoms with Crippen LogP contribution in [0.3, 0.4) is 0 Å². The highest BCUT2D eigenvalue weighted by Crippen LogP contribution is 2.17. The zero-order valence-corrected chi connectivity index (χ0v) is 16.4. The van der Waals surface area contributed by atoms with Crippen LogP contribution in [0.1, 0.15) is 51.7 Å². The van der Waals surface area contributed by atoms with Crippen molar-refractivity contribution < 1.29 is 9.53 Å². The van der Waals surface area contributed by atoms with Crippen molar-refractivity contribution in [3.8, 4) is 0 Å². The first-order chi connectivity index (χ1) is 10.7. The van der Waals surface area contributed by atoms with Crippen LogP contribution < -0.4 is 10.6 Å². The molecule has 0 bridgehead atoms. The first-order valence-electron chi connectivity index (χ1n) is 8.16. The van der Waals surface area contributed by atoms with E-state index in [1.165, 1.54) is 11.1 Å². The second-order valence-corrected chi connectivity index (χ2v) is 7.69. The lowest BCUT2D eigenvalue weighted by atomic mass is 10.1. The number of nitrogens with one attached hydrogen (secondary N) is 2. The van der Waals surface area contributed by atoms with Gasteiger partial charge < -0.3 is 15.4 Å². The van der Waals surface area contributed by atoms with Gasteiger partial charge in [-0.25, -0.2) is 4.79 Å². The molecule has 0 aliphatic rings. The Labute approximate surface area is 148 Å². The molecule has 1 rings (SSSR count). The van der Waals surface area contributed by atoms with E-state index in [9.17, 15) is 4.79 Å². The molecule has 5 heteroatoms. The van der Waals surface area contributed by atoms with Gasteiger partial charge in [-0.1, -0.05) is 41.4 Å². The van der Waals surface area contributed by atoms with Gasteiger partial charge in [0.2, 0.25) is 0 Å². The number of rotatable bonds is 7. The molecule has 1 aromatic carbocycles. The summed E-state index contributed by atoms with van der Waals surface area (Å²) in [5.41, 5.74) is 2.00. The van der Waals surface area contributed by atoms with Crippen LogP contribution in [0.4, 0.5) is 4.79 Å². The van der Waals surface area contributed by atoms with E-state index in [1.54, 1.807) is 0 Å². The molecule has 1 amide bonds. The van der Waals surface area contributed by atoms with Gasteiger partial charge in [-0.2, -0.15) is 0 Å². The highest BCUT2D eigenvalue weighted by atomic mass is 79.9. The van der Waals surface area contributed by atoms with Crippen LogP contribution in [0, 0.1) is 6.92 Å². The molecule has 1 unspecified atom stereocenters. The summed E-state index contributed by atoms with van der Waals surface area (Å²) < 4.78 is 6.40. The number of amides is 1. The summed E-state index contributed by atoms with van der Waals surface area (Å²) in [6, 6.07) is 6.58. The van der Waals surface area contributed by atoms with Gasteiger partial charge >= 0.3 is 6.09 Å². The summed E-state index contributed by atoms with van der Waals surface area (Å²) >= 11 is 3.52. The van der Waals surface area contributed by atoms with Crippen molar-refractivity contribution in [1.82, 2.24) is 10.6 Å². The quantitative estimate of drug-likeness (QED) is 0.725. The molecule has 0 aliphatic heterocycles. The number of benzene rings is 1. The minimum absolute atomic E-state index is 0.233. The fourth-order valence-corrected chi connectivity index (χ4v) is 2.47. The summed E-state index contributed by atoms with van der Waals surface area (Å²) in [6.45, 7) is 11.2. The lowest BCUT2D eigenvalue weighted by Gasteiger charge is -2.22. The molecule has 1 aromatic rings. The van der Waals surface area contributed by atoms with E-state index in [0.717, 1.165) is 23.9 Å². The van der Waals surface area contributed by atoms with E-state index in [4.69, 9.17) is 4.74 Å². The molecule has 1 atom stereocenters. The molecule has 4 nitrogen and oxygen atoms in total. The van der Waals surface area contributed by atoms with Crippen LogP contribution in [0.2, 0.25) is 0 Å². The van der Waals surface area contributed by atoms with Gasteiger partial charge in [0, 0.05) is 23.6 Å². The van der Waals surface area contributed by atoms with E-state index < -0.39 is 5.60 Å². The van der Waals surface area contributed by atoms with Gasteiger partial charge in [-0.3, -0.25) is 0 Å². The molecule has 0 saturated heterocycles. The molecule has 0 aromatic heterocycles. The van der Waals surface area contributed by atoms with E-state index in [0.29, 0.717) is 6.54 Å². The standard InChI is InChI=1S/C18H29BrN2O2/c1-6-7-15(12-21-17(22)23-18(3,4)5)20-11-14-8-9-16(19)13(2)10-14/h8-10,15,20H,6-7,11-12H2,1-5H3,(H,21,22). The van der Waals surface area contributed by atoms with E-state index in [1.807, 2.05) is 20.8 Å². The Hall–Kier alpha value is -1.07. The first kappa shape index (κ1) is 20.0. The SMILES string of the molecule is CCCC(CNC(=O)OC(C)(C)C)NCc1ccc(Br)c(C)c1. The van der Waals surface area contributed by atoms with E-state index in [-0.39, 0.29) is 12.1 Å². The van der Waals surface area contributed by atoms with Crippen LogP contribution in [0.15, 0.2) is 22.7 Å². The average molecular weight is 385 g/mol. The zero-order valence-electron chi connectivity index (χ0n) is 14.8. The monoisotopic (exact) mass is 384 g/mol. The molecule has 2 N–H and O–H groups in total. The van der Waals surface area contributed by atoms with Crippen LogP contribution >= 0.6 is 15.9 Å². The topological polar surface area (TPSA) is 50.4 Å². The summed E-state index contributed by atoms with van der Waals surface area (Å²) in [6.07, 6.45) is 1.71. The van der Waals surface area contributed by atoms with Crippen LogP contribution in [0.5, 0.6) is 0 Å². The zero-order chi connectivity index (χ0) is 17.5. The van der Waals surface area contributed by atoms with E-state index >= 15 is 0 Å². The van der Waals surface area contributed by atoms with Gasteiger partial charge in [0.05, 0.1) is 0 Å². The molecule has 0 spiro atoms. The summed E-state index contributed by atoms with van der Waals surface area (Å²) in [4.78, 5) is 11.8. The van der Waals surface area contributed by atoms with Crippen molar-refractivity contribution in [1.29, 1.82) is 0 Å². The highest BCUT2D eigenvalue weighted by Gasteiger charge is 2.17. The summed E-state index contributed by atoms with van der Waals surface area (Å²) in [5, 5.41) is 6.37. The third-order valence-corrected chi connectivity index (χ3v) is 4.24. The maximum absolute atomic E-state index is 11.8. The van der Waals surface area contributed by atoms with Crippen molar-refractivity contribution in [2.45, 2.75) is 65.6 Å². The third-order valence-electron chi connectivity index (χ3n) is 3.35. The van der Waals surface area contributed by atoms with Crippen LogP contribution in [-0.2, 0) is 11.3 Å².